The van der Waals surface area contributed by atoms with Crippen LogP contribution in [0.1, 0.15) is 19.3 Å². The summed E-state index contributed by atoms with van der Waals surface area (Å²) in [5.41, 5.74) is 7.08. The maximum Gasteiger partial charge on any atom is 0.240 e. The van der Waals surface area contributed by atoms with Gasteiger partial charge in [0.05, 0.1) is 11.4 Å². The highest BCUT2D eigenvalue weighted by Crippen LogP contribution is 2.32. The summed E-state index contributed by atoms with van der Waals surface area (Å²) in [6, 6.07) is 5.58. The molecule has 4 N–H and O–H groups in total. The fraction of sp³-hybridized carbons (Fsp3) is 0.571. The number of hydrogen-bond acceptors (Lipinski definition) is 5. The highest BCUT2D eigenvalue weighted by atomic mass is 32.2. The predicted molar refractivity (Wildman–Crippen MR) is 83.7 cm³/mol. The quantitative estimate of drug-likeness (QED) is 0.797. The lowest BCUT2D eigenvalue weighted by molar-refractivity contribution is 0.260. The molecular formula is C14H22N4O2S. The Morgan fingerprint density at radius 2 is 1.86 bits per heavy atom. The zero-order valence-corrected chi connectivity index (χ0v) is 12.8. The third-order valence-electron chi connectivity index (χ3n) is 4.51. The summed E-state index contributed by atoms with van der Waals surface area (Å²) >= 11 is 0. The molecule has 2 heterocycles. The van der Waals surface area contributed by atoms with Crippen molar-refractivity contribution in [3.05, 3.63) is 18.2 Å². The summed E-state index contributed by atoms with van der Waals surface area (Å²) in [6.45, 7) is 4.15. The van der Waals surface area contributed by atoms with E-state index in [4.69, 9.17) is 10.9 Å². The van der Waals surface area contributed by atoms with Gasteiger partial charge in [0, 0.05) is 19.1 Å². The minimum atomic E-state index is -3.78. The second kappa shape index (κ2) is 5.47. The highest BCUT2D eigenvalue weighted by molar-refractivity contribution is 7.89. The number of primary sulfonamides is 1. The Morgan fingerprint density at radius 3 is 2.52 bits per heavy atom. The van der Waals surface area contributed by atoms with Gasteiger partial charge in [0.1, 0.15) is 4.90 Å². The second-order valence-corrected chi connectivity index (χ2v) is 7.40. The van der Waals surface area contributed by atoms with Crippen molar-refractivity contribution in [2.24, 2.45) is 5.14 Å². The summed E-state index contributed by atoms with van der Waals surface area (Å²) in [5, 5.41) is 5.22. The summed E-state index contributed by atoms with van der Waals surface area (Å²) in [6.07, 6.45) is 3.65. The van der Waals surface area contributed by atoms with Crippen molar-refractivity contribution in [2.45, 2.75) is 30.2 Å². The van der Waals surface area contributed by atoms with E-state index in [1.54, 1.807) is 6.07 Å². The number of anilines is 2. The van der Waals surface area contributed by atoms with Crippen LogP contribution in [-0.4, -0.2) is 45.5 Å². The lowest BCUT2D eigenvalue weighted by atomic mass is 10.2. The Balaban J connectivity index is 1.82. The average molecular weight is 310 g/mol. The largest absolute Gasteiger partial charge is 0.396 e. The number of rotatable bonds is 3. The second-order valence-electron chi connectivity index (χ2n) is 5.87. The number of sulfonamides is 1. The Kier molecular flexibility index (Phi) is 3.81. The Hall–Kier alpha value is -1.31. The first-order valence-corrected chi connectivity index (χ1v) is 8.92. The third kappa shape index (κ3) is 2.86. The lowest BCUT2D eigenvalue weighted by Gasteiger charge is -2.25. The average Bonchev–Trinajstić information content (AvgIpc) is 3.08. The van der Waals surface area contributed by atoms with Gasteiger partial charge in [-0.25, -0.2) is 13.6 Å². The molecule has 7 heteroatoms. The zero-order valence-electron chi connectivity index (χ0n) is 12.0. The first-order valence-electron chi connectivity index (χ1n) is 7.37. The fourth-order valence-corrected chi connectivity index (χ4v) is 4.10. The van der Waals surface area contributed by atoms with Crippen molar-refractivity contribution >= 4 is 21.4 Å². The molecule has 3 rings (SSSR count). The molecule has 1 aromatic rings. The normalized spacial score (nSPS) is 23.9. The zero-order chi connectivity index (χ0) is 15.0. The standard InChI is InChI=1S/C14H22N4O2S/c15-14-12(4-3-5-13(14)21(16,19)20)18-9-6-11(10-18)17-7-1-2-8-17/h3-5,11H,1-2,6-10,15H2,(H2,16,19,20). The summed E-state index contributed by atoms with van der Waals surface area (Å²) in [7, 11) is -3.78. The maximum atomic E-state index is 11.6. The van der Waals surface area contributed by atoms with Crippen molar-refractivity contribution in [3.63, 3.8) is 0 Å². The molecule has 2 aliphatic rings. The first kappa shape index (κ1) is 14.6. The molecule has 0 saturated carbocycles. The molecule has 0 aromatic heterocycles. The molecule has 1 unspecified atom stereocenters. The van der Waals surface area contributed by atoms with E-state index in [2.05, 4.69) is 9.80 Å². The molecule has 0 bridgehead atoms. The number of nitrogens with two attached hydrogens (primary N) is 2. The molecule has 0 radical (unpaired) electrons. The molecular weight excluding hydrogens is 288 g/mol. The molecule has 1 aromatic carbocycles. The Morgan fingerprint density at radius 1 is 1.14 bits per heavy atom. The molecule has 6 nitrogen and oxygen atoms in total. The van der Waals surface area contributed by atoms with Gasteiger partial charge in [0.15, 0.2) is 0 Å². The van der Waals surface area contributed by atoms with E-state index < -0.39 is 10.0 Å². The van der Waals surface area contributed by atoms with Gasteiger partial charge in [-0.2, -0.15) is 0 Å². The van der Waals surface area contributed by atoms with E-state index in [0.717, 1.165) is 25.2 Å². The molecule has 2 fully saturated rings. The minimum Gasteiger partial charge on any atom is -0.396 e. The number of hydrogen-bond donors (Lipinski definition) is 2. The van der Waals surface area contributed by atoms with E-state index in [0.29, 0.717) is 6.04 Å². The molecule has 2 saturated heterocycles. The van der Waals surface area contributed by atoms with E-state index in [1.165, 1.54) is 32.0 Å². The molecule has 2 aliphatic heterocycles. The monoisotopic (exact) mass is 310 g/mol. The number of nitrogens with zero attached hydrogens (tertiary/aromatic N) is 2. The van der Waals surface area contributed by atoms with Gasteiger partial charge in [-0.05, 0) is 44.5 Å². The van der Waals surface area contributed by atoms with Crippen molar-refractivity contribution in [1.29, 1.82) is 0 Å². The van der Waals surface area contributed by atoms with E-state index in [-0.39, 0.29) is 10.6 Å². The fourth-order valence-electron chi connectivity index (χ4n) is 3.42. The SMILES string of the molecule is Nc1c(N2CCC(N3CCCC3)C2)cccc1S(N)(=O)=O. The van der Waals surface area contributed by atoms with Crippen molar-refractivity contribution in [3.8, 4) is 0 Å². The Labute approximate surface area is 125 Å². The highest BCUT2D eigenvalue weighted by Gasteiger charge is 2.30. The molecule has 0 spiro atoms. The van der Waals surface area contributed by atoms with Gasteiger partial charge in [0.2, 0.25) is 10.0 Å². The summed E-state index contributed by atoms with van der Waals surface area (Å²) in [4.78, 5) is 4.72. The van der Waals surface area contributed by atoms with E-state index in [9.17, 15) is 8.42 Å². The molecule has 1 atom stereocenters. The van der Waals surface area contributed by atoms with Crippen molar-refractivity contribution in [1.82, 2.24) is 4.90 Å². The van der Waals surface area contributed by atoms with Crippen LogP contribution in [0, 0.1) is 0 Å². The van der Waals surface area contributed by atoms with Crippen LogP contribution in [0.25, 0.3) is 0 Å². The molecule has 0 amide bonds. The van der Waals surface area contributed by atoms with Crippen LogP contribution in [0.5, 0.6) is 0 Å². The van der Waals surface area contributed by atoms with Crippen LogP contribution < -0.4 is 15.8 Å². The van der Waals surface area contributed by atoms with Crippen molar-refractivity contribution in [2.75, 3.05) is 36.8 Å². The van der Waals surface area contributed by atoms with Gasteiger partial charge in [-0.3, -0.25) is 4.90 Å². The van der Waals surface area contributed by atoms with Gasteiger partial charge in [-0.15, -0.1) is 0 Å². The van der Waals surface area contributed by atoms with Crippen LogP contribution in [0.3, 0.4) is 0 Å². The predicted octanol–water partition coefficient (Wildman–Crippen LogP) is 0.591. The van der Waals surface area contributed by atoms with Crippen LogP contribution in [0.4, 0.5) is 11.4 Å². The minimum absolute atomic E-state index is 0.0182. The topological polar surface area (TPSA) is 92.7 Å². The number of likely N-dealkylation sites (tertiary alicyclic amines) is 1. The Bertz CT molecular complexity index is 626. The van der Waals surface area contributed by atoms with Gasteiger partial charge in [-0.1, -0.05) is 6.07 Å². The summed E-state index contributed by atoms with van der Waals surface area (Å²) in [5.74, 6) is 0. The van der Waals surface area contributed by atoms with Crippen LogP contribution in [0.2, 0.25) is 0 Å². The molecule has 116 valence electrons. The molecule has 0 aliphatic carbocycles. The molecule has 21 heavy (non-hydrogen) atoms. The van der Waals surface area contributed by atoms with Gasteiger partial charge >= 0.3 is 0 Å². The van der Waals surface area contributed by atoms with Gasteiger partial charge < -0.3 is 10.6 Å². The van der Waals surface area contributed by atoms with E-state index in [1.807, 2.05) is 6.07 Å². The number of benzene rings is 1. The first-order chi connectivity index (χ1) is 9.97. The third-order valence-corrected chi connectivity index (χ3v) is 5.48. The van der Waals surface area contributed by atoms with Crippen LogP contribution in [-0.2, 0) is 10.0 Å². The van der Waals surface area contributed by atoms with Gasteiger partial charge in [0.25, 0.3) is 0 Å². The van der Waals surface area contributed by atoms with Crippen LogP contribution >= 0.6 is 0 Å². The van der Waals surface area contributed by atoms with E-state index >= 15 is 0 Å². The number of nitrogen functional groups attached to an aromatic ring is 1. The summed E-state index contributed by atoms with van der Waals surface area (Å²) < 4.78 is 23.1. The number of para-hydroxylation sites is 1. The smallest absolute Gasteiger partial charge is 0.240 e. The maximum absolute atomic E-state index is 11.6. The van der Waals surface area contributed by atoms with Crippen molar-refractivity contribution < 1.29 is 8.42 Å². The van der Waals surface area contributed by atoms with Crippen LogP contribution in [0.15, 0.2) is 23.1 Å². The lowest BCUT2D eigenvalue weighted by Crippen LogP contribution is -2.35.